The second-order valence-electron chi connectivity index (χ2n) is 4.64. The van der Waals surface area contributed by atoms with E-state index in [1.54, 1.807) is 0 Å². The molecule has 0 bridgehead atoms. The van der Waals surface area contributed by atoms with Crippen molar-refractivity contribution in [1.82, 2.24) is 0 Å². The molecule has 0 aliphatic heterocycles. The molecule has 1 unspecified atom stereocenters. The van der Waals surface area contributed by atoms with Crippen LogP contribution in [0.1, 0.15) is 54.4 Å². The summed E-state index contributed by atoms with van der Waals surface area (Å²) in [5.74, 6) is 0.227. The molecule has 0 rings (SSSR count). The third-order valence-corrected chi connectivity index (χ3v) is 2.66. The molecule has 0 radical (unpaired) electrons. The fourth-order valence-corrected chi connectivity index (χ4v) is 1.77. The number of aliphatic imine (C=N–C) groups is 1. The number of hydrogen-bond donors (Lipinski definition) is 1. The van der Waals surface area contributed by atoms with Gasteiger partial charge in [-0.1, -0.05) is 27.2 Å². The van der Waals surface area contributed by atoms with Crippen molar-refractivity contribution in [3.63, 3.8) is 0 Å². The Hall–Kier alpha value is 0.877. The molecular weight excluding hydrogens is 341 g/mol. The van der Waals surface area contributed by atoms with Crippen LogP contribution in [-0.4, -0.2) is 22.5 Å². The molecule has 0 aliphatic carbocycles. The van der Waals surface area contributed by atoms with E-state index in [-0.39, 0.29) is 49.3 Å². The Morgan fingerprint density at radius 2 is 1.73 bits per heavy atom. The van der Waals surface area contributed by atoms with Crippen LogP contribution in [-0.2, 0) is 0 Å². The molecular formula is C12H25ErNO. The molecule has 0 aromatic rings. The Balaban J connectivity index is 0. The van der Waals surface area contributed by atoms with Gasteiger partial charge in [0.15, 0.2) is 0 Å². The van der Waals surface area contributed by atoms with Crippen LogP contribution in [0.5, 0.6) is 0 Å². The van der Waals surface area contributed by atoms with Crippen molar-refractivity contribution in [2.24, 2.45) is 10.9 Å². The number of aliphatic hydroxyl groups is 1. The normalized spacial score (nSPS) is 16.5. The fourth-order valence-electron chi connectivity index (χ4n) is 1.77. The maximum absolute atomic E-state index is 10.5. The Morgan fingerprint density at radius 1 is 1.27 bits per heavy atom. The predicted octanol–water partition coefficient (Wildman–Crippen LogP) is 3.04. The molecule has 0 amide bonds. The molecule has 0 saturated carbocycles. The minimum absolute atomic E-state index is 0. The van der Waals surface area contributed by atoms with Crippen LogP contribution in [0.15, 0.2) is 4.99 Å². The monoisotopic (exact) mass is 365 g/mol. The zero-order valence-electron chi connectivity index (χ0n) is 10.8. The molecule has 1 atom stereocenters. The standard InChI is InChI=1S/C12H25NO.Er/c1-7-8-12(14,9(2)3)11(6)13-10(4)5;/h9-10,14H,7-8H2,1-6H3;. The van der Waals surface area contributed by atoms with Gasteiger partial charge in [-0.3, -0.25) is 4.99 Å². The van der Waals surface area contributed by atoms with Gasteiger partial charge >= 0.3 is 0 Å². The number of hydrogen-bond acceptors (Lipinski definition) is 2. The Labute approximate surface area is 124 Å². The first-order valence-electron chi connectivity index (χ1n) is 5.61. The van der Waals surface area contributed by atoms with Gasteiger partial charge in [-0.15, -0.1) is 0 Å². The second-order valence-corrected chi connectivity index (χ2v) is 4.64. The summed E-state index contributed by atoms with van der Waals surface area (Å²) in [6.45, 7) is 12.2. The molecule has 0 aromatic heterocycles. The van der Waals surface area contributed by atoms with Gasteiger partial charge in [-0.25, -0.2) is 0 Å². The molecule has 0 heterocycles. The predicted molar refractivity (Wildman–Crippen MR) is 62.9 cm³/mol. The van der Waals surface area contributed by atoms with Crippen molar-refractivity contribution in [3.05, 3.63) is 0 Å². The third-order valence-electron chi connectivity index (χ3n) is 2.66. The molecule has 15 heavy (non-hydrogen) atoms. The molecule has 0 saturated heterocycles. The first-order valence-corrected chi connectivity index (χ1v) is 5.61. The van der Waals surface area contributed by atoms with Crippen LogP contribution in [0.25, 0.3) is 0 Å². The van der Waals surface area contributed by atoms with Crippen molar-refractivity contribution in [2.45, 2.75) is 66.0 Å². The molecule has 0 aliphatic rings. The summed E-state index contributed by atoms with van der Waals surface area (Å²) >= 11 is 0. The molecule has 2 nitrogen and oxygen atoms in total. The minimum Gasteiger partial charge on any atom is -0.384 e. The Kier molecular flexibility index (Phi) is 9.78. The van der Waals surface area contributed by atoms with Gasteiger partial charge < -0.3 is 5.11 Å². The van der Waals surface area contributed by atoms with Crippen molar-refractivity contribution < 1.29 is 42.4 Å². The third kappa shape index (κ3) is 5.66. The first-order chi connectivity index (χ1) is 6.34. The number of nitrogens with zero attached hydrogens (tertiary/aromatic N) is 1. The topological polar surface area (TPSA) is 32.6 Å². The van der Waals surface area contributed by atoms with Crippen LogP contribution in [0, 0.1) is 43.2 Å². The van der Waals surface area contributed by atoms with Gasteiger partial charge in [0.05, 0.1) is 0 Å². The number of rotatable bonds is 5. The first kappa shape index (κ1) is 18.2. The molecule has 1 N–H and O–H groups in total. The van der Waals surface area contributed by atoms with Crippen molar-refractivity contribution >= 4 is 5.71 Å². The van der Waals surface area contributed by atoms with Gasteiger partial charge in [0, 0.05) is 49.1 Å². The summed E-state index contributed by atoms with van der Waals surface area (Å²) < 4.78 is 0. The van der Waals surface area contributed by atoms with Gasteiger partial charge in [0.1, 0.15) is 5.60 Å². The summed E-state index contributed by atoms with van der Waals surface area (Å²) in [7, 11) is 0. The fraction of sp³-hybridized carbons (Fsp3) is 0.917. The average Bonchev–Trinajstić information content (AvgIpc) is 2.02. The van der Waals surface area contributed by atoms with Crippen molar-refractivity contribution in [2.75, 3.05) is 0 Å². The van der Waals surface area contributed by atoms with Gasteiger partial charge in [0.2, 0.25) is 0 Å². The van der Waals surface area contributed by atoms with Crippen LogP contribution >= 0.6 is 0 Å². The van der Waals surface area contributed by atoms with Crippen molar-refractivity contribution in [1.29, 1.82) is 0 Å². The quantitative estimate of drug-likeness (QED) is 0.745. The molecule has 96 valence electrons. The zero-order valence-corrected chi connectivity index (χ0v) is 12.6. The largest absolute Gasteiger partial charge is 0.384 e. The average molecular weight is 367 g/mol. The Morgan fingerprint density at radius 3 is 2.00 bits per heavy atom. The maximum atomic E-state index is 10.5. The SMILES string of the molecule is CCCC(O)(C(C)=NC(C)C)C(C)C.[Er]. The molecule has 0 fully saturated rings. The van der Waals surface area contributed by atoms with Gasteiger partial charge in [-0.2, -0.15) is 0 Å². The minimum atomic E-state index is -0.709. The second kappa shape index (κ2) is 8.04. The van der Waals surface area contributed by atoms with E-state index >= 15 is 0 Å². The summed E-state index contributed by atoms with van der Waals surface area (Å²) in [6.07, 6.45) is 1.78. The van der Waals surface area contributed by atoms with Crippen LogP contribution in [0.2, 0.25) is 0 Å². The molecule has 0 spiro atoms. The zero-order chi connectivity index (χ0) is 11.4. The van der Waals surface area contributed by atoms with Crippen LogP contribution < -0.4 is 0 Å². The van der Waals surface area contributed by atoms with E-state index in [1.807, 2.05) is 20.8 Å². The van der Waals surface area contributed by atoms with E-state index in [9.17, 15) is 5.11 Å². The van der Waals surface area contributed by atoms with Crippen molar-refractivity contribution in [3.8, 4) is 0 Å². The molecule has 3 heteroatoms. The molecule has 0 aromatic carbocycles. The van der Waals surface area contributed by atoms with E-state index in [1.165, 1.54) is 0 Å². The summed E-state index contributed by atoms with van der Waals surface area (Å²) in [6, 6.07) is 0.261. The summed E-state index contributed by atoms with van der Waals surface area (Å²) in [5.41, 5.74) is 0.170. The van der Waals surface area contributed by atoms with Gasteiger partial charge in [0.25, 0.3) is 0 Å². The maximum Gasteiger partial charge on any atom is 0.104 e. The van der Waals surface area contributed by atoms with Crippen LogP contribution in [0.3, 0.4) is 0 Å². The smallest absolute Gasteiger partial charge is 0.104 e. The van der Waals surface area contributed by atoms with Gasteiger partial charge in [-0.05, 0) is 33.1 Å². The Bertz CT molecular complexity index is 202. The van der Waals surface area contributed by atoms with E-state index in [2.05, 4.69) is 25.8 Å². The van der Waals surface area contributed by atoms with E-state index in [4.69, 9.17) is 0 Å². The van der Waals surface area contributed by atoms with E-state index in [0.717, 1.165) is 18.6 Å². The summed E-state index contributed by atoms with van der Waals surface area (Å²) in [4.78, 5) is 4.46. The van der Waals surface area contributed by atoms with E-state index in [0.29, 0.717) is 0 Å². The summed E-state index contributed by atoms with van der Waals surface area (Å²) in [5, 5.41) is 10.5. The van der Waals surface area contributed by atoms with Crippen LogP contribution in [0.4, 0.5) is 0 Å². The van der Waals surface area contributed by atoms with E-state index < -0.39 is 5.60 Å².